The molecule has 2 aromatic heterocycles. The van der Waals surface area contributed by atoms with E-state index in [9.17, 15) is 0 Å². The molecule has 5 heteroatoms. The number of benzene rings is 1. The second-order valence-corrected chi connectivity index (χ2v) is 6.84. The van der Waals surface area contributed by atoms with E-state index in [-0.39, 0.29) is 0 Å². The van der Waals surface area contributed by atoms with E-state index in [1.54, 1.807) is 25.6 Å². The van der Waals surface area contributed by atoms with E-state index in [0.717, 1.165) is 30.0 Å². The van der Waals surface area contributed by atoms with Gasteiger partial charge < -0.3 is 14.4 Å². The average Bonchev–Trinajstić information content (AvgIpc) is 3.29. The summed E-state index contributed by atoms with van der Waals surface area (Å²) >= 11 is 1.76. The third-order valence-corrected chi connectivity index (χ3v) is 5.61. The number of methoxy groups -OCH3 is 2. The van der Waals surface area contributed by atoms with Crippen molar-refractivity contribution in [3.8, 4) is 11.5 Å². The number of nitrogens with zero attached hydrogens (tertiary/aromatic N) is 2. The molecule has 0 aliphatic carbocycles. The van der Waals surface area contributed by atoms with Crippen molar-refractivity contribution in [3.05, 3.63) is 47.5 Å². The molecule has 1 unspecified atom stereocenters. The Hall–Kier alpha value is -2.27. The minimum absolute atomic E-state index is 0.318. The van der Waals surface area contributed by atoms with Crippen LogP contribution in [0.3, 0.4) is 0 Å². The molecule has 0 amide bonds. The minimum Gasteiger partial charge on any atom is -0.497 e. The molecule has 1 aliphatic rings. The van der Waals surface area contributed by atoms with Crippen LogP contribution in [0.1, 0.15) is 24.4 Å². The van der Waals surface area contributed by atoms with Crippen LogP contribution in [0.5, 0.6) is 11.5 Å². The highest BCUT2D eigenvalue weighted by atomic mass is 32.1. The minimum atomic E-state index is 0.318. The molecule has 1 atom stereocenters. The smallest absolute Gasteiger partial charge is 0.127 e. The number of pyridine rings is 1. The number of fused-ring (bicyclic) bond motifs is 1. The highest BCUT2D eigenvalue weighted by Crippen LogP contribution is 2.43. The predicted octanol–water partition coefficient (Wildman–Crippen LogP) is 4.66. The van der Waals surface area contributed by atoms with Crippen molar-refractivity contribution in [3.63, 3.8) is 0 Å². The van der Waals surface area contributed by atoms with E-state index in [4.69, 9.17) is 9.47 Å². The summed E-state index contributed by atoms with van der Waals surface area (Å²) in [5.74, 6) is 1.72. The van der Waals surface area contributed by atoms with Gasteiger partial charge in [-0.1, -0.05) is 0 Å². The quantitative estimate of drug-likeness (QED) is 0.692. The highest BCUT2D eigenvalue weighted by Gasteiger charge is 2.30. The Balaban J connectivity index is 1.77. The second-order valence-electron chi connectivity index (χ2n) is 5.92. The van der Waals surface area contributed by atoms with E-state index in [0.29, 0.717) is 6.04 Å². The Morgan fingerprint density at radius 3 is 2.92 bits per heavy atom. The lowest BCUT2D eigenvalue weighted by molar-refractivity contribution is 0.388. The molecule has 1 saturated heterocycles. The Bertz CT molecular complexity index is 861. The number of hydrogen-bond donors (Lipinski definition) is 0. The van der Waals surface area contributed by atoms with E-state index in [1.807, 2.05) is 18.3 Å². The molecule has 0 spiro atoms. The second kappa shape index (κ2) is 6.32. The van der Waals surface area contributed by atoms with Crippen molar-refractivity contribution >= 4 is 27.2 Å². The first-order chi connectivity index (χ1) is 11.8. The summed E-state index contributed by atoms with van der Waals surface area (Å²) in [7, 11) is 3.41. The standard InChI is InChI=1S/C19H20N2O2S/c1-22-13-5-6-14(18(12-13)23-2)16-4-3-10-21(16)17-7-9-20-15-8-11-24-19(15)17/h5-9,11-12,16H,3-4,10H2,1-2H3. The van der Waals surface area contributed by atoms with Crippen molar-refractivity contribution in [2.75, 3.05) is 25.7 Å². The van der Waals surface area contributed by atoms with Crippen LogP contribution in [-0.4, -0.2) is 25.7 Å². The van der Waals surface area contributed by atoms with E-state index in [1.165, 1.54) is 22.4 Å². The van der Waals surface area contributed by atoms with E-state index < -0.39 is 0 Å². The normalized spacial score (nSPS) is 17.4. The Labute approximate surface area is 145 Å². The molecule has 24 heavy (non-hydrogen) atoms. The molecular weight excluding hydrogens is 320 g/mol. The third-order valence-electron chi connectivity index (χ3n) is 4.68. The van der Waals surface area contributed by atoms with E-state index in [2.05, 4.69) is 33.5 Å². The predicted molar refractivity (Wildman–Crippen MR) is 98.5 cm³/mol. The van der Waals surface area contributed by atoms with Gasteiger partial charge in [-0.15, -0.1) is 11.3 Å². The molecule has 0 N–H and O–H groups in total. The number of aromatic nitrogens is 1. The Morgan fingerprint density at radius 2 is 2.08 bits per heavy atom. The molecule has 0 radical (unpaired) electrons. The summed E-state index contributed by atoms with van der Waals surface area (Å²) in [4.78, 5) is 6.96. The number of hydrogen-bond acceptors (Lipinski definition) is 5. The first-order valence-corrected chi connectivity index (χ1v) is 9.00. The molecule has 0 saturated carbocycles. The Morgan fingerprint density at radius 1 is 1.17 bits per heavy atom. The van der Waals surface area contributed by atoms with Crippen LogP contribution in [0.4, 0.5) is 5.69 Å². The maximum atomic E-state index is 5.64. The van der Waals surface area contributed by atoms with Crippen molar-refractivity contribution in [1.29, 1.82) is 0 Å². The first-order valence-electron chi connectivity index (χ1n) is 8.12. The molecule has 1 aliphatic heterocycles. The fourth-order valence-electron chi connectivity index (χ4n) is 3.56. The lowest BCUT2D eigenvalue weighted by Crippen LogP contribution is -2.23. The van der Waals surface area contributed by atoms with Crippen LogP contribution in [0, 0.1) is 0 Å². The number of ether oxygens (including phenoxy) is 2. The maximum Gasteiger partial charge on any atom is 0.127 e. The van der Waals surface area contributed by atoms with Crippen molar-refractivity contribution < 1.29 is 9.47 Å². The van der Waals surface area contributed by atoms with Gasteiger partial charge in [0.2, 0.25) is 0 Å². The Kier molecular flexibility index (Phi) is 4.02. The fraction of sp³-hybridized carbons (Fsp3) is 0.316. The van der Waals surface area contributed by atoms with Gasteiger partial charge in [0.15, 0.2) is 0 Å². The third kappa shape index (κ3) is 2.49. The molecule has 4 rings (SSSR count). The molecule has 124 valence electrons. The van der Waals surface area contributed by atoms with Gasteiger partial charge >= 0.3 is 0 Å². The van der Waals surface area contributed by atoms with Crippen molar-refractivity contribution in [2.24, 2.45) is 0 Å². The van der Waals surface area contributed by atoms with Gasteiger partial charge in [-0.25, -0.2) is 0 Å². The van der Waals surface area contributed by atoms with Gasteiger partial charge in [0.05, 0.1) is 36.2 Å². The van der Waals surface area contributed by atoms with Gasteiger partial charge in [-0.05, 0) is 42.5 Å². The molecule has 1 aromatic carbocycles. The van der Waals surface area contributed by atoms with Gasteiger partial charge in [-0.3, -0.25) is 4.98 Å². The molecule has 0 bridgehead atoms. The number of thiophene rings is 1. The molecule has 1 fully saturated rings. The van der Waals surface area contributed by atoms with Gasteiger partial charge in [-0.2, -0.15) is 0 Å². The van der Waals surface area contributed by atoms with E-state index >= 15 is 0 Å². The summed E-state index contributed by atoms with van der Waals surface area (Å²) in [6.45, 7) is 1.05. The highest BCUT2D eigenvalue weighted by molar-refractivity contribution is 7.17. The van der Waals surface area contributed by atoms with Crippen LogP contribution in [0.25, 0.3) is 10.2 Å². The summed E-state index contributed by atoms with van der Waals surface area (Å²) in [6, 6.07) is 10.7. The molecule has 3 aromatic rings. The lowest BCUT2D eigenvalue weighted by Gasteiger charge is -2.28. The van der Waals surface area contributed by atoms with Crippen LogP contribution in [0.2, 0.25) is 0 Å². The van der Waals surface area contributed by atoms with Crippen LogP contribution in [-0.2, 0) is 0 Å². The SMILES string of the molecule is COc1ccc(C2CCCN2c2ccnc3ccsc23)c(OC)c1. The zero-order chi connectivity index (χ0) is 16.5. The average molecular weight is 340 g/mol. The van der Waals surface area contributed by atoms with Crippen molar-refractivity contribution in [2.45, 2.75) is 18.9 Å². The fourth-order valence-corrected chi connectivity index (χ4v) is 4.44. The number of anilines is 1. The van der Waals surface area contributed by atoms with Gasteiger partial charge in [0.25, 0.3) is 0 Å². The summed E-state index contributed by atoms with van der Waals surface area (Å²) < 4.78 is 12.2. The van der Waals surface area contributed by atoms with Gasteiger partial charge in [0, 0.05) is 24.4 Å². The van der Waals surface area contributed by atoms with Crippen molar-refractivity contribution in [1.82, 2.24) is 4.98 Å². The molecule has 3 heterocycles. The van der Waals surface area contributed by atoms with Crippen LogP contribution < -0.4 is 14.4 Å². The zero-order valence-corrected chi connectivity index (χ0v) is 14.7. The maximum absolute atomic E-state index is 5.64. The monoisotopic (exact) mass is 340 g/mol. The first kappa shape index (κ1) is 15.3. The number of rotatable bonds is 4. The summed E-state index contributed by atoms with van der Waals surface area (Å²) in [5, 5.41) is 2.11. The summed E-state index contributed by atoms with van der Waals surface area (Å²) in [5.41, 5.74) is 3.57. The molecular formula is C19H20N2O2S. The van der Waals surface area contributed by atoms with Gasteiger partial charge in [0.1, 0.15) is 11.5 Å². The largest absolute Gasteiger partial charge is 0.497 e. The topological polar surface area (TPSA) is 34.6 Å². The van der Waals surface area contributed by atoms with Crippen LogP contribution in [0.15, 0.2) is 41.9 Å². The zero-order valence-electron chi connectivity index (χ0n) is 13.9. The summed E-state index contributed by atoms with van der Waals surface area (Å²) in [6.07, 6.45) is 4.21. The molecule has 4 nitrogen and oxygen atoms in total. The van der Waals surface area contributed by atoms with Crippen LogP contribution >= 0.6 is 11.3 Å². The lowest BCUT2D eigenvalue weighted by atomic mass is 10.0.